The molecular formula is C19H21BrN2O5. The van der Waals surface area contributed by atoms with Gasteiger partial charge >= 0.3 is 5.97 Å². The van der Waals surface area contributed by atoms with Crippen molar-refractivity contribution in [2.45, 2.75) is 32.6 Å². The molecule has 0 unspecified atom stereocenters. The molecule has 0 aromatic heterocycles. The fourth-order valence-corrected chi connectivity index (χ4v) is 3.87. The highest BCUT2D eigenvalue weighted by atomic mass is 79.9. The van der Waals surface area contributed by atoms with Crippen molar-refractivity contribution < 1.29 is 23.9 Å². The molecule has 1 saturated carbocycles. The monoisotopic (exact) mass is 436 g/mol. The van der Waals surface area contributed by atoms with Gasteiger partial charge in [0.1, 0.15) is 6.54 Å². The lowest BCUT2D eigenvalue weighted by molar-refractivity contribution is -0.154. The molecule has 1 aliphatic heterocycles. The number of amides is 3. The van der Waals surface area contributed by atoms with E-state index in [1.54, 1.807) is 18.2 Å². The number of nitrogens with zero attached hydrogens (tertiary/aromatic N) is 1. The van der Waals surface area contributed by atoms with Gasteiger partial charge in [0.05, 0.1) is 11.8 Å². The van der Waals surface area contributed by atoms with E-state index >= 15 is 0 Å². The number of nitrogens with one attached hydrogen (secondary N) is 1. The SMILES string of the molecule is Cc1cc(NC(=O)COC(=O)CN2C(=O)[C@H]3CCCC[C@@H]3C2=O)ccc1Br. The molecule has 144 valence electrons. The van der Waals surface area contributed by atoms with Crippen LogP contribution in [0.25, 0.3) is 0 Å². The topological polar surface area (TPSA) is 92.8 Å². The average Bonchev–Trinajstić information content (AvgIpc) is 2.88. The Morgan fingerprint density at radius 1 is 1.19 bits per heavy atom. The number of likely N-dealkylation sites (tertiary alicyclic amines) is 1. The van der Waals surface area contributed by atoms with E-state index in [2.05, 4.69) is 21.2 Å². The predicted molar refractivity (Wildman–Crippen MR) is 101 cm³/mol. The van der Waals surface area contributed by atoms with E-state index in [1.807, 2.05) is 6.92 Å². The molecule has 0 radical (unpaired) electrons. The smallest absolute Gasteiger partial charge is 0.326 e. The first kappa shape index (κ1) is 19.5. The summed E-state index contributed by atoms with van der Waals surface area (Å²) in [7, 11) is 0. The number of carbonyl (C=O) groups excluding carboxylic acids is 4. The third-order valence-corrected chi connectivity index (χ3v) is 5.92. The molecule has 8 heteroatoms. The molecule has 1 aromatic rings. The number of hydrogen-bond acceptors (Lipinski definition) is 5. The molecule has 1 aliphatic carbocycles. The minimum Gasteiger partial charge on any atom is -0.454 e. The van der Waals surface area contributed by atoms with Gasteiger partial charge in [-0.05, 0) is 43.5 Å². The third kappa shape index (κ3) is 4.37. The summed E-state index contributed by atoms with van der Waals surface area (Å²) < 4.78 is 5.86. The van der Waals surface area contributed by atoms with Gasteiger partial charge < -0.3 is 10.1 Å². The lowest BCUT2D eigenvalue weighted by Crippen LogP contribution is -2.37. The molecule has 1 saturated heterocycles. The van der Waals surface area contributed by atoms with Gasteiger partial charge in [0.15, 0.2) is 6.61 Å². The third-order valence-electron chi connectivity index (χ3n) is 5.03. The maximum Gasteiger partial charge on any atom is 0.326 e. The Bertz CT molecular complexity index is 770. The molecule has 7 nitrogen and oxygen atoms in total. The zero-order chi connectivity index (χ0) is 19.6. The van der Waals surface area contributed by atoms with E-state index < -0.39 is 25.0 Å². The van der Waals surface area contributed by atoms with Gasteiger partial charge in [0.2, 0.25) is 11.8 Å². The zero-order valence-corrected chi connectivity index (χ0v) is 16.6. The van der Waals surface area contributed by atoms with E-state index in [9.17, 15) is 19.2 Å². The quantitative estimate of drug-likeness (QED) is 0.564. The summed E-state index contributed by atoms with van der Waals surface area (Å²) in [4.78, 5) is 49.6. The van der Waals surface area contributed by atoms with Crippen LogP contribution in [0.15, 0.2) is 22.7 Å². The standard InChI is InChI=1S/C19H21BrN2O5/c1-11-8-12(6-7-15(11)20)21-16(23)10-27-17(24)9-22-18(25)13-4-2-3-5-14(13)19(22)26/h6-8,13-14H,2-5,9-10H2,1H3,(H,21,23)/t13-,14-/m0/s1. The van der Waals surface area contributed by atoms with Gasteiger partial charge in [0.25, 0.3) is 5.91 Å². The number of carbonyl (C=O) groups is 4. The molecule has 0 spiro atoms. The van der Waals surface area contributed by atoms with Crippen LogP contribution in [0.1, 0.15) is 31.2 Å². The van der Waals surface area contributed by atoms with E-state index in [0.29, 0.717) is 18.5 Å². The van der Waals surface area contributed by atoms with Crippen molar-refractivity contribution in [3.05, 3.63) is 28.2 Å². The largest absolute Gasteiger partial charge is 0.454 e. The Hall–Kier alpha value is -2.22. The number of benzene rings is 1. The first-order chi connectivity index (χ1) is 12.9. The number of fused-ring (bicyclic) bond motifs is 1. The maximum atomic E-state index is 12.3. The van der Waals surface area contributed by atoms with E-state index in [0.717, 1.165) is 27.8 Å². The molecule has 0 bridgehead atoms. The van der Waals surface area contributed by atoms with E-state index in [4.69, 9.17) is 4.74 Å². The molecule has 3 rings (SSSR count). The fourth-order valence-electron chi connectivity index (χ4n) is 3.63. The van der Waals surface area contributed by atoms with Crippen LogP contribution in [0.2, 0.25) is 0 Å². The first-order valence-electron chi connectivity index (χ1n) is 8.93. The average molecular weight is 437 g/mol. The van der Waals surface area contributed by atoms with Crippen molar-refractivity contribution in [1.82, 2.24) is 4.90 Å². The Morgan fingerprint density at radius 3 is 2.41 bits per heavy atom. The Balaban J connectivity index is 1.49. The second kappa shape index (κ2) is 8.21. The Morgan fingerprint density at radius 2 is 1.81 bits per heavy atom. The normalized spacial score (nSPS) is 21.8. The van der Waals surface area contributed by atoms with Crippen molar-refractivity contribution in [1.29, 1.82) is 0 Å². The Labute approximate surface area is 165 Å². The van der Waals surface area contributed by atoms with Crippen molar-refractivity contribution in [3.63, 3.8) is 0 Å². The van der Waals surface area contributed by atoms with Crippen LogP contribution in [0.3, 0.4) is 0 Å². The van der Waals surface area contributed by atoms with E-state index in [1.165, 1.54) is 0 Å². The molecule has 2 aliphatic rings. The minimum atomic E-state index is -0.766. The second-order valence-electron chi connectivity index (χ2n) is 6.93. The molecular weight excluding hydrogens is 416 g/mol. The lowest BCUT2D eigenvalue weighted by Gasteiger charge is -2.19. The summed E-state index contributed by atoms with van der Waals surface area (Å²) in [5, 5.41) is 2.63. The summed E-state index contributed by atoms with van der Waals surface area (Å²) in [6, 6.07) is 5.31. The molecule has 1 aromatic carbocycles. The number of rotatable bonds is 5. The number of halogens is 1. The molecule has 27 heavy (non-hydrogen) atoms. The predicted octanol–water partition coefficient (Wildman–Crippen LogP) is 2.41. The van der Waals surface area contributed by atoms with Crippen molar-refractivity contribution in [3.8, 4) is 0 Å². The van der Waals surface area contributed by atoms with Gasteiger partial charge in [0, 0.05) is 10.2 Å². The lowest BCUT2D eigenvalue weighted by atomic mass is 9.81. The summed E-state index contributed by atoms with van der Waals surface area (Å²) in [5.74, 6) is -2.45. The van der Waals surface area contributed by atoms with Crippen LogP contribution in [0.5, 0.6) is 0 Å². The van der Waals surface area contributed by atoms with Crippen LogP contribution in [0.4, 0.5) is 5.69 Å². The van der Waals surface area contributed by atoms with E-state index in [-0.39, 0.29) is 23.7 Å². The molecule has 2 atom stereocenters. The van der Waals surface area contributed by atoms with Crippen molar-refractivity contribution in [2.75, 3.05) is 18.5 Å². The molecule has 2 fully saturated rings. The number of anilines is 1. The summed E-state index contributed by atoms with van der Waals surface area (Å²) in [6.45, 7) is 0.980. The van der Waals surface area contributed by atoms with Gasteiger partial charge in [-0.15, -0.1) is 0 Å². The molecule has 1 N–H and O–H groups in total. The van der Waals surface area contributed by atoms with Crippen LogP contribution in [-0.2, 0) is 23.9 Å². The van der Waals surface area contributed by atoms with Crippen LogP contribution < -0.4 is 5.32 Å². The highest BCUT2D eigenvalue weighted by Gasteiger charge is 2.48. The number of aryl methyl sites for hydroxylation is 1. The number of imide groups is 1. The highest BCUT2D eigenvalue weighted by Crippen LogP contribution is 2.37. The summed E-state index contributed by atoms with van der Waals surface area (Å²) in [6.07, 6.45) is 3.23. The van der Waals surface area contributed by atoms with Crippen molar-refractivity contribution in [2.24, 2.45) is 11.8 Å². The summed E-state index contributed by atoms with van der Waals surface area (Å²) >= 11 is 3.38. The van der Waals surface area contributed by atoms with Gasteiger partial charge in [-0.1, -0.05) is 28.8 Å². The maximum absolute atomic E-state index is 12.3. The van der Waals surface area contributed by atoms with Gasteiger partial charge in [-0.3, -0.25) is 24.1 Å². The number of esters is 1. The van der Waals surface area contributed by atoms with Crippen LogP contribution in [0, 0.1) is 18.8 Å². The molecule has 1 heterocycles. The fraction of sp³-hybridized carbons (Fsp3) is 0.474. The van der Waals surface area contributed by atoms with Gasteiger partial charge in [-0.2, -0.15) is 0 Å². The summed E-state index contributed by atoms with van der Waals surface area (Å²) in [5.41, 5.74) is 1.54. The number of hydrogen-bond donors (Lipinski definition) is 1. The minimum absolute atomic E-state index is 0.295. The Kier molecular flexibility index (Phi) is 5.94. The first-order valence-corrected chi connectivity index (χ1v) is 9.73. The second-order valence-corrected chi connectivity index (χ2v) is 7.79. The van der Waals surface area contributed by atoms with Crippen LogP contribution >= 0.6 is 15.9 Å². The molecule has 3 amide bonds. The highest BCUT2D eigenvalue weighted by molar-refractivity contribution is 9.10. The van der Waals surface area contributed by atoms with Crippen LogP contribution in [-0.4, -0.2) is 41.7 Å². The van der Waals surface area contributed by atoms with Crippen molar-refractivity contribution >= 4 is 45.3 Å². The number of ether oxygens (including phenoxy) is 1. The zero-order valence-electron chi connectivity index (χ0n) is 15.0. The van der Waals surface area contributed by atoms with Gasteiger partial charge in [-0.25, -0.2) is 0 Å².